The number of likely N-dealkylation sites (N-methyl/N-ethyl adjacent to an activating group) is 2. The molecule has 2 atom stereocenters. The van der Waals surface area contributed by atoms with Crippen LogP contribution in [0.15, 0.2) is 0 Å². The van der Waals surface area contributed by atoms with Crippen LogP contribution in [0.1, 0.15) is 33.6 Å². The number of nitrogens with zero attached hydrogens (tertiary/aromatic N) is 1. The minimum absolute atomic E-state index is 0.352. The monoisotopic (exact) mass is 260 g/mol. The van der Waals surface area contributed by atoms with E-state index in [2.05, 4.69) is 17.1 Å². The molecule has 0 aromatic heterocycles. The molecule has 0 bridgehead atoms. The summed E-state index contributed by atoms with van der Waals surface area (Å²) in [5.74, 6) is -0.781. The summed E-state index contributed by atoms with van der Waals surface area (Å²) in [5, 5.41) is 12.3. The van der Waals surface area contributed by atoms with Gasteiger partial charge in [0.15, 0.2) is 0 Å². The average molecular weight is 260 g/mol. The van der Waals surface area contributed by atoms with Crippen LogP contribution >= 0.6 is 0 Å². The van der Waals surface area contributed by atoms with Crippen LogP contribution in [0.2, 0.25) is 0 Å². The van der Waals surface area contributed by atoms with Gasteiger partial charge in [0, 0.05) is 13.2 Å². The molecule has 0 fully saturated rings. The molecule has 5 heteroatoms. The number of aliphatic carboxylic acids is 1. The highest BCUT2D eigenvalue weighted by Crippen LogP contribution is 2.13. The van der Waals surface area contributed by atoms with Gasteiger partial charge in [0.1, 0.15) is 5.54 Å². The molecule has 18 heavy (non-hydrogen) atoms. The molecule has 0 aliphatic heterocycles. The van der Waals surface area contributed by atoms with Crippen molar-refractivity contribution in [3.8, 4) is 0 Å². The number of hydrogen-bond acceptors (Lipinski definition) is 4. The largest absolute Gasteiger partial charge is 0.480 e. The number of methoxy groups -OCH3 is 1. The SMILES string of the molecule is CCNC(C)(CCCN(C)C(C)COC)C(=O)O. The summed E-state index contributed by atoms with van der Waals surface area (Å²) in [6.45, 7) is 8.01. The summed E-state index contributed by atoms with van der Waals surface area (Å²) in [5.41, 5.74) is -0.819. The highest BCUT2D eigenvalue weighted by molar-refractivity contribution is 5.78. The summed E-state index contributed by atoms with van der Waals surface area (Å²) in [6, 6.07) is 0.352. The maximum absolute atomic E-state index is 11.2. The lowest BCUT2D eigenvalue weighted by Crippen LogP contribution is -2.49. The second kappa shape index (κ2) is 8.45. The van der Waals surface area contributed by atoms with E-state index in [0.29, 0.717) is 25.6 Å². The third-order valence-electron chi connectivity index (χ3n) is 3.39. The quantitative estimate of drug-likeness (QED) is 0.618. The predicted octanol–water partition coefficient (Wildman–Crippen LogP) is 1.19. The van der Waals surface area contributed by atoms with Crippen molar-refractivity contribution in [2.75, 3.05) is 33.9 Å². The van der Waals surface area contributed by atoms with Crippen LogP contribution < -0.4 is 5.32 Å². The van der Waals surface area contributed by atoms with Crippen molar-refractivity contribution in [1.29, 1.82) is 0 Å². The zero-order valence-electron chi connectivity index (χ0n) is 12.3. The maximum Gasteiger partial charge on any atom is 0.323 e. The second-order valence-corrected chi connectivity index (χ2v) is 5.06. The second-order valence-electron chi connectivity index (χ2n) is 5.06. The van der Waals surface area contributed by atoms with Gasteiger partial charge in [-0.15, -0.1) is 0 Å². The number of carbonyl (C=O) groups is 1. The van der Waals surface area contributed by atoms with E-state index in [4.69, 9.17) is 4.74 Å². The molecule has 0 amide bonds. The molecular weight excluding hydrogens is 232 g/mol. The van der Waals surface area contributed by atoms with Gasteiger partial charge in [-0.3, -0.25) is 4.79 Å². The molecule has 0 radical (unpaired) electrons. The molecule has 0 saturated heterocycles. The minimum Gasteiger partial charge on any atom is -0.480 e. The highest BCUT2D eigenvalue weighted by Gasteiger charge is 2.31. The van der Waals surface area contributed by atoms with Crippen LogP contribution in [-0.4, -0.2) is 61.4 Å². The molecule has 0 rings (SSSR count). The lowest BCUT2D eigenvalue weighted by atomic mass is 9.95. The van der Waals surface area contributed by atoms with Crippen LogP contribution in [-0.2, 0) is 9.53 Å². The molecule has 108 valence electrons. The van der Waals surface area contributed by atoms with Crippen LogP contribution in [0.25, 0.3) is 0 Å². The molecule has 0 aliphatic carbocycles. The Bertz CT molecular complexity index is 248. The van der Waals surface area contributed by atoms with Crippen LogP contribution in [0, 0.1) is 0 Å². The summed E-state index contributed by atoms with van der Waals surface area (Å²) >= 11 is 0. The van der Waals surface area contributed by atoms with E-state index in [1.54, 1.807) is 14.0 Å². The maximum atomic E-state index is 11.2. The molecule has 2 N–H and O–H groups in total. The molecule has 0 aromatic rings. The zero-order chi connectivity index (χ0) is 14.2. The number of rotatable bonds is 10. The number of ether oxygens (including phenoxy) is 1. The molecule has 0 aliphatic rings. The van der Waals surface area contributed by atoms with Gasteiger partial charge in [0.05, 0.1) is 6.61 Å². The van der Waals surface area contributed by atoms with Crippen molar-refractivity contribution in [1.82, 2.24) is 10.2 Å². The Kier molecular flexibility index (Phi) is 8.15. The topological polar surface area (TPSA) is 61.8 Å². The fourth-order valence-corrected chi connectivity index (χ4v) is 1.93. The normalized spacial score (nSPS) is 16.6. The minimum atomic E-state index is -0.819. The summed E-state index contributed by atoms with van der Waals surface area (Å²) < 4.78 is 5.10. The standard InChI is InChI=1S/C13H28N2O3/c1-6-14-13(3,12(16)17)8-7-9-15(4)11(2)10-18-5/h11,14H,6-10H2,1-5H3,(H,16,17). The summed E-state index contributed by atoms with van der Waals surface area (Å²) in [4.78, 5) is 13.4. The van der Waals surface area contributed by atoms with Gasteiger partial charge < -0.3 is 20.1 Å². The molecule has 0 aromatic carbocycles. The van der Waals surface area contributed by atoms with Crippen molar-refractivity contribution >= 4 is 5.97 Å². The first-order valence-corrected chi connectivity index (χ1v) is 6.55. The average Bonchev–Trinajstić information content (AvgIpc) is 2.29. The molecule has 5 nitrogen and oxygen atoms in total. The Labute approximate surface area is 110 Å². The van der Waals surface area contributed by atoms with E-state index in [1.165, 1.54) is 0 Å². The van der Waals surface area contributed by atoms with E-state index in [-0.39, 0.29) is 0 Å². The van der Waals surface area contributed by atoms with E-state index >= 15 is 0 Å². The van der Waals surface area contributed by atoms with Gasteiger partial charge >= 0.3 is 5.97 Å². The Morgan fingerprint density at radius 1 is 1.56 bits per heavy atom. The number of carboxylic acids is 1. The Balaban J connectivity index is 4.10. The van der Waals surface area contributed by atoms with Crippen LogP contribution in [0.4, 0.5) is 0 Å². The fraction of sp³-hybridized carbons (Fsp3) is 0.923. The van der Waals surface area contributed by atoms with E-state index in [0.717, 1.165) is 13.0 Å². The summed E-state index contributed by atoms with van der Waals surface area (Å²) in [6.07, 6.45) is 1.47. The van der Waals surface area contributed by atoms with Gasteiger partial charge in [-0.2, -0.15) is 0 Å². The first kappa shape index (κ1) is 17.4. The fourth-order valence-electron chi connectivity index (χ4n) is 1.93. The van der Waals surface area contributed by atoms with E-state index in [9.17, 15) is 9.90 Å². The van der Waals surface area contributed by atoms with E-state index < -0.39 is 11.5 Å². The summed E-state index contributed by atoms with van der Waals surface area (Å²) in [7, 11) is 3.73. The van der Waals surface area contributed by atoms with Gasteiger partial charge in [0.25, 0.3) is 0 Å². The van der Waals surface area contributed by atoms with Crippen molar-refractivity contribution in [2.45, 2.75) is 45.2 Å². The first-order chi connectivity index (χ1) is 8.37. The smallest absolute Gasteiger partial charge is 0.323 e. The third-order valence-corrected chi connectivity index (χ3v) is 3.39. The molecule has 0 saturated carbocycles. The van der Waals surface area contributed by atoms with Crippen molar-refractivity contribution in [2.24, 2.45) is 0 Å². The van der Waals surface area contributed by atoms with Crippen LogP contribution in [0.3, 0.4) is 0 Å². The van der Waals surface area contributed by atoms with Crippen molar-refractivity contribution < 1.29 is 14.6 Å². The third kappa shape index (κ3) is 5.80. The molecule has 0 heterocycles. The number of nitrogens with one attached hydrogen (secondary N) is 1. The lowest BCUT2D eigenvalue weighted by molar-refractivity contribution is -0.144. The Morgan fingerprint density at radius 2 is 2.17 bits per heavy atom. The molecule has 0 spiro atoms. The lowest BCUT2D eigenvalue weighted by Gasteiger charge is -2.28. The number of hydrogen-bond donors (Lipinski definition) is 2. The first-order valence-electron chi connectivity index (χ1n) is 6.55. The highest BCUT2D eigenvalue weighted by atomic mass is 16.5. The number of carboxylic acid groups (broad SMARTS) is 1. The van der Waals surface area contributed by atoms with Gasteiger partial charge in [-0.1, -0.05) is 6.92 Å². The van der Waals surface area contributed by atoms with Gasteiger partial charge in [0.2, 0.25) is 0 Å². The molecular formula is C13H28N2O3. The molecule has 2 unspecified atom stereocenters. The Hall–Kier alpha value is -0.650. The van der Waals surface area contributed by atoms with E-state index in [1.807, 2.05) is 14.0 Å². The van der Waals surface area contributed by atoms with Crippen molar-refractivity contribution in [3.63, 3.8) is 0 Å². The van der Waals surface area contributed by atoms with Gasteiger partial charge in [-0.05, 0) is 46.8 Å². The van der Waals surface area contributed by atoms with Gasteiger partial charge in [-0.25, -0.2) is 0 Å². The zero-order valence-corrected chi connectivity index (χ0v) is 12.3. The predicted molar refractivity (Wildman–Crippen MR) is 72.9 cm³/mol. The Morgan fingerprint density at radius 3 is 2.61 bits per heavy atom. The van der Waals surface area contributed by atoms with Crippen LogP contribution in [0.5, 0.6) is 0 Å². The van der Waals surface area contributed by atoms with Crippen molar-refractivity contribution in [3.05, 3.63) is 0 Å².